The van der Waals surface area contributed by atoms with Crippen molar-refractivity contribution >= 4 is 22.6 Å². The molecule has 31 heavy (non-hydrogen) atoms. The number of ether oxygens (including phenoxy) is 1. The number of pyridine rings is 1. The van der Waals surface area contributed by atoms with E-state index in [1.807, 2.05) is 6.07 Å². The van der Waals surface area contributed by atoms with E-state index < -0.39 is 6.23 Å². The van der Waals surface area contributed by atoms with Gasteiger partial charge in [0.15, 0.2) is 0 Å². The van der Waals surface area contributed by atoms with Gasteiger partial charge in [-0.1, -0.05) is 6.92 Å². The molecule has 1 fully saturated rings. The molecular weight excluding hydrogens is 397 g/mol. The maximum atomic E-state index is 14.1. The summed E-state index contributed by atoms with van der Waals surface area (Å²) in [5.41, 5.74) is 1.61. The van der Waals surface area contributed by atoms with E-state index in [0.717, 1.165) is 44.3 Å². The highest BCUT2D eigenvalue weighted by molar-refractivity contribution is 6.03. The van der Waals surface area contributed by atoms with Crippen LogP contribution < -0.4 is 16.0 Å². The van der Waals surface area contributed by atoms with Crippen LogP contribution in [0.2, 0.25) is 0 Å². The molecule has 0 aliphatic carbocycles. The number of rotatable bonds is 9. The summed E-state index contributed by atoms with van der Waals surface area (Å²) in [5.74, 6) is 0.277. The van der Waals surface area contributed by atoms with Crippen LogP contribution in [0.25, 0.3) is 10.9 Å². The molecule has 7 nitrogen and oxygen atoms in total. The van der Waals surface area contributed by atoms with E-state index in [0.29, 0.717) is 41.1 Å². The zero-order chi connectivity index (χ0) is 22.4. The fraction of sp³-hybridized carbons (Fsp3) is 0.565. The number of hydrogen-bond acceptors (Lipinski definition) is 6. The lowest BCUT2D eigenvalue weighted by molar-refractivity contribution is 0.0745. The van der Waals surface area contributed by atoms with Gasteiger partial charge in [-0.2, -0.15) is 0 Å². The average Bonchev–Trinajstić information content (AvgIpc) is 2.73. The molecule has 5 N–H and O–H groups in total. The normalized spacial score (nSPS) is 16.8. The highest BCUT2D eigenvalue weighted by Gasteiger charge is 2.18. The minimum Gasteiger partial charge on any atom is -0.381 e. The number of fused-ring (bicyclic) bond motifs is 1. The molecule has 170 valence electrons. The summed E-state index contributed by atoms with van der Waals surface area (Å²) >= 11 is 0. The van der Waals surface area contributed by atoms with Crippen molar-refractivity contribution in [2.75, 3.05) is 25.1 Å². The Morgan fingerprint density at radius 1 is 1.32 bits per heavy atom. The number of aliphatic hydroxyl groups is 1. The maximum Gasteiger partial charge on any atom is 0.137 e. The van der Waals surface area contributed by atoms with Crippen LogP contribution in [-0.4, -0.2) is 54.0 Å². The fourth-order valence-electron chi connectivity index (χ4n) is 3.89. The number of amidine groups is 1. The third-order valence-corrected chi connectivity index (χ3v) is 5.69. The van der Waals surface area contributed by atoms with Crippen LogP contribution in [0.3, 0.4) is 0 Å². The summed E-state index contributed by atoms with van der Waals surface area (Å²) < 4.78 is 19.5. The van der Waals surface area contributed by atoms with Gasteiger partial charge in [0.25, 0.3) is 0 Å². The molecular formula is C23H34FN5O2. The van der Waals surface area contributed by atoms with Gasteiger partial charge in [0.1, 0.15) is 23.7 Å². The molecule has 1 saturated heterocycles. The van der Waals surface area contributed by atoms with Crippen molar-refractivity contribution in [2.45, 2.75) is 64.8 Å². The Balaban J connectivity index is 1.75. The molecule has 2 atom stereocenters. The number of anilines is 1. The monoisotopic (exact) mass is 431 g/mol. The first-order chi connectivity index (χ1) is 14.9. The first-order valence-electron chi connectivity index (χ1n) is 11.1. The van der Waals surface area contributed by atoms with E-state index in [1.165, 1.54) is 6.07 Å². The van der Waals surface area contributed by atoms with Crippen LogP contribution in [0.1, 0.15) is 50.7 Å². The van der Waals surface area contributed by atoms with Crippen molar-refractivity contribution in [3.63, 3.8) is 0 Å². The second kappa shape index (κ2) is 10.8. The molecule has 1 aliphatic heterocycles. The molecule has 1 aromatic heterocycles. The number of nitrogens with zero attached hydrogens (tertiary/aromatic N) is 1. The lowest BCUT2D eigenvalue weighted by atomic mass is 10.0. The number of hydrogen-bond donors (Lipinski definition) is 5. The first-order valence-corrected chi connectivity index (χ1v) is 11.1. The molecule has 0 spiro atoms. The van der Waals surface area contributed by atoms with Gasteiger partial charge in [-0.3, -0.25) is 5.41 Å². The molecule has 1 aliphatic rings. The maximum absolute atomic E-state index is 14.1. The van der Waals surface area contributed by atoms with E-state index in [1.54, 1.807) is 19.9 Å². The molecule has 2 heterocycles. The van der Waals surface area contributed by atoms with E-state index in [4.69, 9.17) is 10.1 Å². The van der Waals surface area contributed by atoms with Gasteiger partial charge >= 0.3 is 0 Å². The molecule has 8 heteroatoms. The highest BCUT2D eigenvalue weighted by atomic mass is 19.1. The molecule has 0 saturated carbocycles. The van der Waals surface area contributed by atoms with Crippen LogP contribution in [0.5, 0.6) is 0 Å². The van der Waals surface area contributed by atoms with Crippen molar-refractivity contribution < 1.29 is 14.2 Å². The zero-order valence-corrected chi connectivity index (χ0v) is 18.6. The summed E-state index contributed by atoms with van der Waals surface area (Å²) in [6, 6.07) is 5.82. The lowest BCUT2D eigenvalue weighted by Crippen LogP contribution is -2.42. The number of benzene rings is 1. The van der Waals surface area contributed by atoms with Gasteiger partial charge in [-0.15, -0.1) is 0 Å². The van der Waals surface area contributed by atoms with E-state index >= 15 is 0 Å². The molecule has 0 bridgehead atoms. The fourth-order valence-corrected chi connectivity index (χ4v) is 3.89. The summed E-state index contributed by atoms with van der Waals surface area (Å²) in [6.45, 7) is 7.72. The minimum atomic E-state index is -0.862. The topological polar surface area (TPSA) is 102 Å². The smallest absolute Gasteiger partial charge is 0.137 e. The SMILES string of the molecule is CCC(CCNc1nc2cc(F)c(C)cc2cc1C(=N)NC(C)O)NC1CCOCC1. The van der Waals surface area contributed by atoms with Crippen molar-refractivity contribution in [2.24, 2.45) is 0 Å². The second-order valence-electron chi connectivity index (χ2n) is 8.25. The largest absolute Gasteiger partial charge is 0.381 e. The quantitative estimate of drug-likeness (QED) is 0.237. The Morgan fingerprint density at radius 3 is 2.74 bits per heavy atom. The van der Waals surface area contributed by atoms with E-state index in [9.17, 15) is 9.50 Å². The van der Waals surface area contributed by atoms with Crippen LogP contribution in [-0.2, 0) is 4.74 Å². The van der Waals surface area contributed by atoms with Crippen LogP contribution >= 0.6 is 0 Å². The molecule has 3 rings (SSSR count). The van der Waals surface area contributed by atoms with Crippen LogP contribution in [0.4, 0.5) is 10.2 Å². The second-order valence-corrected chi connectivity index (χ2v) is 8.25. The van der Waals surface area contributed by atoms with Crippen molar-refractivity contribution in [3.8, 4) is 0 Å². The van der Waals surface area contributed by atoms with E-state index in [-0.39, 0.29) is 11.7 Å². The molecule has 1 aromatic carbocycles. The van der Waals surface area contributed by atoms with Crippen molar-refractivity contribution in [1.29, 1.82) is 5.41 Å². The van der Waals surface area contributed by atoms with Gasteiger partial charge in [0, 0.05) is 43.3 Å². The number of halogens is 1. The number of aryl methyl sites for hydroxylation is 1. The number of nitrogens with one attached hydrogen (secondary N) is 4. The third-order valence-electron chi connectivity index (χ3n) is 5.69. The Bertz CT molecular complexity index is 899. The van der Waals surface area contributed by atoms with Gasteiger partial charge in [0.05, 0.1) is 11.1 Å². The Morgan fingerprint density at radius 2 is 2.06 bits per heavy atom. The minimum absolute atomic E-state index is 0.0706. The zero-order valence-electron chi connectivity index (χ0n) is 18.6. The van der Waals surface area contributed by atoms with Crippen molar-refractivity contribution in [3.05, 3.63) is 35.1 Å². The standard InChI is InChI=1S/C23H34FN5O2/c1-4-17(28-18-6-9-31-10-7-18)5-8-26-23-19(22(25)27-15(3)30)12-16-11-14(2)20(24)13-21(16)29-23/h11-13,15,17-18,28,30H,4-10H2,1-3H3,(H2,25,27)(H,26,29). The van der Waals surface area contributed by atoms with E-state index in [2.05, 4.69) is 27.9 Å². The Hall–Kier alpha value is -2.29. The van der Waals surface area contributed by atoms with Crippen molar-refractivity contribution in [1.82, 2.24) is 15.6 Å². The lowest BCUT2D eigenvalue weighted by Gasteiger charge is -2.28. The Kier molecular flexibility index (Phi) is 8.17. The predicted molar refractivity (Wildman–Crippen MR) is 122 cm³/mol. The molecule has 0 radical (unpaired) electrons. The average molecular weight is 432 g/mol. The molecule has 2 unspecified atom stereocenters. The molecule has 0 amide bonds. The third kappa shape index (κ3) is 6.35. The van der Waals surface area contributed by atoms with Gasteiger partial charge in [0.2, 0.25) is 0 Å². The first kappa shape index (κ1) is 23.4. The van der Waals surface area contributed by atoms with Gasteiger partial charge in [-0.05, 0) is 57.2 Å². The van der Waals surface area contributed by atoms with Gasteiger partial charge in [-0.25, -0.2) is 9.37 Å². The number of aromatic nitrogens is 1. The van der Waals surface area contributed by atoms with Gasteiger partial charge < -0.3 is 25.8 Å². The summed E-state index contributed by atoms with van der Waals surface area (Å²) in [4.78, 5) is 4.59. The Labute approximate surface area is 183 Å². The van der Waals surface area contributed by atoms with Crippen LogP contribution in [0, 0.1) is 18.2 Å². The summed E-state index contributed by atoms with van der Waals surface area (Å²) in [5, 5.41) is 28.5. The summed E-state index contributed by atoms with van der Waals surface area (Å²) in [6.07, 6.45) is 3.12. The summed E-state index contributed by atoms with van der Waals surface area (Å²) in [7, 11) is 0. The molecule has 2 aromatic rings. The number of aliphatic hydroxyl groups excluding tert-OH is 1. The van der Waals surface area contributed by atoms with Crippen LogP contribution in [0.15, 0.2) is 18.2 Å². The predicted octanol–water partition coefficient (Wildman–Crippen LogP) is 3.28. The highest BCUT2D eigenvalue weighted by Crippen LogP contribution is 2.24.